The Labute approximate surface area is 89.5 Å². The minimum Gasteiger partial charge on any atom is -0.0840 e. The van der Waals surface area contributed by atoms with Gasteiger partial charge < -0.3 is 0 Å². The Morgan fingerprint density at radius 3 is 2.64 bits per heavy atom. The number of benzene rings is 2. The smallest absolute Gasteiger partial charge is 0.0444 e. The molecule has 0 amide bonds. The van der Waals surface area contributed by atoms with Crippen LogP contribution in [0.4, 0.5) is 0 Å². The number of fused-ring (bicyclic) bond motifs is 1. The van der Waals surface area contributed by atoms with Crippen molar-refractivity contribution in [2.45, 2.75) is 19.8 Å². The molecule has 0 fully saturated rings. The summed E-state index contributed by atoms with van der Waals surface area (Å²) in [5, 5.41) is 3.47. The van der Waals surface area contributed by atoms with Gasteiger partial charge in [-0.25, -0.2) is 0 Å². The molecule has 0 spiro atoms. The molecule has 1 heteroatoms. The molecule has 0 heterocycles. The third-order valence-electron chi connectivity index (χ3n) is 2.48. The molecule has 0 aliphatic heterocycles. The summed E-state index contributed by atoms with van der Waals surface area (Å²) in [6.45, 7) is 2.18. The number of hydrogen-bond acceptors (Lipinski definition) is 0. The maximum absolute atomic E-state index is 6.18. The van der Waals surface area contributed by atoms with Crippen LogP contribution in [-0.2, 0) is 6.42 Å². The van der Waals surface area contributed by atoms with Crippen LogP contribution in [0.5, 0.6) is 0 Å². The SMILES string of the molecule is CCCc1c(Cl)ccc2ccccc12. The van der Waals surface area contributed by atoms with E-state index < -0.39 is 0 Å². The van der Waals surface area contributed by atoms with E-state index in [1.807, 2.05) is 6.07 Å². The van der Waals surface area contributed by atoms with Gasteiger partial charge in [0.25, 0.3) is 0 Å². The quantitative estimate of drug-likeness (QED) is 0.678. The number of hydrogen-bond donors (Lipinski definition) is 0. The Morgan fingerprint density at radius 1 is 1.07 bits per heavy atom. The van der Waals surface area contributed by atoms with Crippen LogP contribution < -0.4 is 0 Å². The molecule has 0 N–H and O–H groups in total. The van der Waals surface area contributed by atoms with Crippen LogP contribution in [0.2, 0.25) is 5.02 Å². The first-order valence-electron chi connectivity index (χ1n) is 4.99. The van der Waals surface area contributed by atoms with Crippen LogP contribution in [0, 0.1) is 0 Å². The fraction of sp³-hybridized carbons (Fsp3) is 0.231. The van der Waals surface area contributed by atoms with Gasteiger partial charge in [-0.15, -0.1) is 0 Å². The van der Waals surface area contributed by atoms with Gasteiger partial charge in [0.15, 0.2) is 0 Å². The first-order valence-corrected chi connectivity index (χ1v) is 5.37. The van der Waals surface area contributed by atoms with Gasteiger partial charge in [0.1, 0.15) is 0 Å². The molecule has 2 rings (SSSR count). The third kappa shape index (κ3) is 1.62. The van der Waals surface area contributed by atoms with Gasteiger partial charge in [-0.3, -0.25) is 0 Å². The van der Waals surface area contributed by atoms with Crippen LogP contribution in [0.1, 0.15) is 18.9 Å². The predicted molar refractivity (Wildman–Crippen MR) is 63.0 cm³/mol. The number of aryl methyl sites for hydroxylation is 1. The van der Waals surface area contributed by atoms with E-state index in [2.05, 4.69) is 37.3 Å². The van der Waals surface area contributed by atoms with E-state index in [0.29, 0.717) is 0 Å². The molecule has 14 heavy (non-hydrogen) atoms. The fourth-order valence-corrected chi connectivity index (χ4v) is 2.07. The second kappa shape index (κ2) is 4.02. The predicted octanol–water partition coefficient (Wildman–Crippen LogP) is 4.45. The van der Waals surface area contributed by atoms with E-state index in [1.54, 1.807) is 0 Å². The number of rotatable bonds is 2. The minimum absolute atomic E-state index is 0.894. The van der Waals surface area contributed by atoms with Gasteiger partial charge in [-0.2, -0.15) is 0 Å². The molecule has 0 bridgehead atoms. The Balaban J connectivity index is 2.69. The summed E-state index contributed by atoms with van der Waals surface area (Å²) < 4.78 is 0. The average Bonchev–Trinajstić information content (AvgIpc) is 2.23. The molecular formula is C13H13Cl. The molecule has 0 nitrogen and oxygen atoms in total. The van der Waals surface area contributed by atoms with Gasteiger partial charge in [0, 0.05) is 5.02 Å². The highest BCUT2D eigenvalue weighted by Crippen LogP contribution is 2.26. The standard InChI is InChI=1S/C13H13Cl/c1-2-5-12-11-7-4-3-6-10(11)8-9-13(12)14/h3-4,6-9H,2,5H2,1H3. The summed E-state index contributed by atoms with van der Waals surface area (Å²) in [6, 6.07) is 12.5. The molecule has 0 aliphatic rings. The topological polar surface area (TPSA) is 0 Å². The summed E-state index contributed by atoms with van der Waals surface area (Å²) in [4.78, 5) is 0. The molecule has 2 aromatic rings. The normalized spacial score (nSPS) is 10.7. The lowest BCUT2D eigenvalue weighted by molar-refractivity contribution is 0.930. The van der Waals surface area contributed by atoms with E-state index in [1.165, 1.54) is 16.3 Å². The van der Waals surface area contributed by atoms with Crippen LogP contribution in [-0.4, -0.2) is 0 Å². The van der Waals surface area contributed by atoms with Gasteiger partial charge in [-0.05, 0) is 28.8 Å². The van der Waals surface area contributed by atoms with Gasteiger partial charge in [-0.1, -0.05) is 55.3 Å². The zero-order valence-corrected chi connectivity index (χ0v) is 9.01. The first-order chi connectivity index (χ1) is 6.83. The summed E-state index contributed by atoms with van der Waals surface area (Å²) in [5.74, 6) is 0. The Hall–Kier alpha value is -1.01. The summed E-state index contributed by atoms with van der Waals surface area (Å²) in [5.41, 5.74) is 1.28. The van der Waals surface area contributed by atoms with Gasteiger partial charge in [0.05, 0.1) is 0 Å². The van der Waals surface area contributed by atoms with Crippen molar-refractivity contribution in [1.82, 2.24) is 0 Å². The monoisotopic (exact) mass is 204 g/mol. The second-order valence-electron chi connectivity index (χ2n) is 3.50. The zero-order chi connectivity index (χ0) is 9.97. The van der Waals surface area contributed by atoms with Crippen molar-refractivity contribution in [3.63, 3.8) is 0 Å². The summed E-state index contributed by atoms with van der Waals surface area (Å²) in [6.07, 6.45) is 2.19. The zero-order valence-electron chi connectivity index (χ0n) is 8.26. The van der Waals surface area contributed by atoms with Crippen molar-refractivity contribution in [1.29, 1.82) is 0 Å². The van der Waals surface area contributed by atoms with Crippen LogP contribution >= 0.6 is 11.6 Å². The Kier molecular flexibility index (Phi) is 2.74. The maximum Gasteiger partial charge on any atom is 0.0444 e. The van der Waals surface area contributed by atoms with E-state index in [4.69, 9.17) is 11.6 Å². The molecule has 0 radical (unpaired) electrons. The highest BCUT2D eigenvalue weighted by atomic mass is 35.5. The minimum atomic E-state index is 0.894. The average molecular weight is 205 g/mol. The first kappa shape index (κ1) is 9.54. The van der Waals surface area contributed by atoms with Gasteiger partial charge >= 0.3 is 0 Å². The lowest BCUT2D eigenvalue weighted by atomic mass is 10.0. The van der Waals surface area contributed by atoms with Crippen LogP contribution in [0.15, 0.2) is 36.4 Å². The molecular weight excluding hydrogens is 192 g/mol. The van der Waals surface area contributed by atoms with Crippen LogP contribution in [0.25, 0.3) is 10.8 Å². The van der Waals surface area contributed by atoms with Crippen molar-refractivity contribution >= 4 is 22.4 Å². The van der Waals surface area contributed by atoms with Crippen molar-refractivity contribution in [3.8, 4) is 0 Å². The van der Waals surface area contributed by atoms with Crippen molar-refractivity contribution in [3.05, 3.63) is 47.0 Å². The molecule has 72 valence electrons. The Bertz CT molecular complexity index is 446. The fourth-order valence-electron chi connectivity index (χ4n) is 1.81. The lowest BCUT2D eigenvalue weighted by Gasteiger charge is -2.07. The largest absolute Gasteiger partial charge is 0.0840 e. The summed E-state index contributed by atoms with van der Waals surface area (Å²) in [7, 11) is 0. The van der Waals surface area contributed by atoms with Gasteiger partial charge in [0.2, 0.25) is 0 Å². The molecule has 0 unspecified atom stereocenters. The maximum atomic E-state index is 6.18. The molecule has 2 aromatic carbocycles. The molecule has 0 aromatic heterocycles. The molecule has 0 saturated heterocycles. The van der Waals surface area contributed by atoms with Crippen LogP contribution in [0.3, 0.4) is 0 Å². The van der Waals surface area contributed by atoms with Crippen molar-refractivity contribution < 1.29 is 0 Å². The van der Waals surface area contributed by atoms with E-state index in [-0.39, 0.29) is 0 Å². The highest BCUT2D eigenvalue weighted by Gasteiger charge is 2.03. The third-order valence-corrected chi connectivity index (χ3v) is 2.84. The number of halogens is 1. The van der Waals surface area contributed by atoms with E-state index in [9.17, 15) is 0 Å². The van der Waals surface area contributed by atoms with Crippen molar-refractivity contribution in [2.24, 2.45) is 0 Å². The van der Waals surface area contributed by atoms with E-state index in [0.717, 1.165) is 17.9 Å². The molecule has 0 saturated carbocycles. The van der Waals surface area contributed by atoms with Crippen molar-refractivity contribution in [2.75, 3.05) is 0 Å². The second-order valence-corrected chi connectivity index (χ2v) is 3.90. The highest BCUT2D eigenvalue weighted by molar-refractivity contribution is 6.32. The van der Waals surface area contributed by atoms with E-state index >= 15 is 0 Å². The summed E-state index contributed by atoms with van der Waals surface area (Å²) >= 11 is 6.18. The molecule has 0 aliphatic carbocycles. The Morgan fingerprint density at radius 2 is 1.86 bits per heavy atom. The lowest BCUT2D eigenvalue weighted by Crippen LogP contribution is -1.87. The molecule has 0 atom stereocenters.